The molecular formula is C37H49FN6O3. The van der Waals surface area contributed by atoms with Gasteiger partial charge in [-0.15, -0.1) is 0 Å². The highest BCUT2D eigenvalue weighted by Crippen LogP contribution is 2.32. The van der Waals surface area contributed by atoms with Crippen LogP contribution in [-0.2, 0) is 17.8 Å². The maximum Gasteiger partial charge on any atom is 0.257 e. The molecule has 1 aromatic heterocycles. The van der Waals surface area contributed by atoms with Gasteiger partial charge in [0.05, 0.1) is 19.4 Å². The summed E-state index contributed by atoms with van der Waals surface area (Å²) in [5.41, 5.74) is 10.8. The van der Waals surface area contributed by atoms with Crippen molar-refractivity contribution in [2.24, 2.45) is 5.73 Å². The van der Waals surface area contributed by atoms with E-state index in [1.807, 2.05) is 18.2 Å². The van der Waals surface area contributed by atoms with Crippen LogP contribution in [0.3, 0.4) is 0 Å². The average Bonchev–Trinajstić information content (AvgIpc) is 3.08. The molecule has 0 radical (unpaired) electrons. The zero-order chi connectivity index (χ0) is 32.6. The maximum atomic E-state index is 14.3. The number of carbonyl (C=O) groups is 1. The summed E-state index contributed by atoms with van der Waals surface area (Å²) in [4.78, 5) is 25.0. The van der Waals surface area contributed by atoms with E-state index in [0.29, 0.717) is 5.75 Å². The largest absolute Gasteiger partial charge is 0.438 e. The summed E-state index contributed by atoms with van der Waals surface area (Å²) in [5.74, 6) is -0.362. The minimum atomic E-state index is -0.586. The molecule has 252 valence electrons. The fourth-order valence-electron chi connectivity index (χ4n) is 6.94. The third-order valence-corrected chi connectivity index (χ3v) is 9.61. The zero-order valence-electron chi connectivity index (χ0n) is 27.6. The number of rotatable bonds is 11. The smallest absolute Gasteiger partial charge is 0.257 e. The number of halogens is 1. The van der Waals surface area contributed by atoms with E-state index in [2.05, 4.69) is 56.2 Å². The van der Waals surface area contributed by atoms with Crippen LogP contribution in [0.2, 0.25) is 0 Å². The lowest BCUT2D eigenvalue weighted by molar-refractivity contribution is 0.0342. The molecule has 3 heterocycles. The molecule has 9 nitrogen and oxygen atoms in total. The molecule has 6 rings (SSSR count). The molecule has 3 N–H and O–H groups in total. The predicted molar refractivity (Wildman–Crippen MR) is 182 cm³/mol. The Morgan fingerprint density at radius 2 is 1.70 bits per heavy atom. The van der Waals surface area contributed by atoms with Crippen LogP contribution in [0.25, 0.3) is 11.1 Å². The van der Waals surface area contributed by atoms with Crippen molar-refractivity contribution in [3.63, 3.8) is 0 Å². The lowest BCUT2D eigenvalue weighted by atomic mass is 9.91. The SMILES string of the molecule is CCCN1CCN(Cc2ccc(-c3cccc(Oc4ncc(F)cc4C(=O)N[C@H]4CC[C@H](N)CC4)c3)c(CN3CCOCC3)c2)CC1. The standard InChI is InChI=1S/C37H49FN6O3/c1-2-12-42-13-15-43(16-14-42)25-27-6-11-34(29(21-27)26-44-17-19-46-20-18-44)28-4-3-5-33(22-28)47-37-35(23-30(38)24-40-37)36(45)41-32-9-7-31(39)8-10-32/h3-6,11,21-24,31-32H,2,7-10,12-20,25-26,39H2,1H3,(H,41,45)/t31-,32-. The van der Waals surface area contributed by atoms with Gasteiger partial charge in [-0.2, -0.15) is 0 Å². The highest BCUT2D eigenvalue weighted by Gasteiger charge is 2.24. The number of amides is 1. The minimum Gasteiger partial charge on any atom is -0.438 e. The maximum absolute atomic E-state index is 14.3. The van der Waals surface area contributed by atoms with Gasteiger partial charge in [0.1, 0.15) is 17.1 Å². The monoisotopic (exact) mass is 644 g/mol. The van der Waals surface area contributed by atoms with E-state index in [-0.39, 0.29) is 23.5 Å². The first kappa shape index (κ1) is 33.5. The number of carbonyl (C=O) groups excluding carboxylic acids is 1. The van der Waals surface area contributed by atoms with Gasteiger partial charge in [-0.25, -0.2) is 9.37 Å². The van der Waals surface area contributed by atoms with Crippen LogP contribution in [0.15, 0.2) is 54.7 Å². The van der Waals surface area contributed by atoms with Gasteiger partial charge < -0.3 is 25.4 Å². The highest BCUT2D eigenvalue weighted by atomic mass is 19.1. The van der Waals surface area contributed by atoms with Crippen molar-refractivity contribution in [1.82, 2.24) is 25.0 Å². The Balaban J connectivity index is 1.21. The number of nitrogens with two attached hydrogens (primary N) is 1. The molecule has 1 aliphatic carbocycles. The summed E-state index contributed by atoms with van der Waals surface area (Å²) in [5, 5.41) is 3.03. The first-order chi connectivity index (χ1) is 22.9. The number of aromatic nitrogens is 1. The average molecular weight is 645 g/mol. The number of ether oxygens (including phenoxy) is 2. The lowest BCUT2D eigenvalue weighted by Gasteiger charge is -2.34. The fraction of sp³-hybridized carbons (Fsp3) is 0.514. The van der Waals surface area contributed by atoms with Gasteiger partial charge in [0.2, 0.25) is 5.88 Å². The summed E-state index contributed by atoms with van der Waals surface area (Å²) < 4.78 is 26.1. The fourth-order valence-corrected chi connectivity index (χ4v) is 6.94. The van der Waals surface area contributed by atoms with Crippen molar-refractivity contribution < 1.29 is 18.7 Å². The molecule has 10 heteroatoms. The van der Waals surface area contributed by atoms with Gasteiger partial charge in [-0.1, -0.05) is 37.3 Å². The van der Waals surface area contributed by atoms with Gasteiger partial charge in [0.15, 0.2) is 0 Å². The van der Waals surface area contributed by atoms with E-state index in [1.165, 1.54) is 30.2 Å². The van der Waals surface area contributed by atoms with E-state index in [0.717, 1.165) is 109 Å². The summed E-state index contributed by atoms with van der Waals surface area (Å²) in [6.45, 7) is 12.9. The van der Waals surface area contributed by atoms with Crippen molar-refractivity contribution in [2.45, 2.75) is 64.2 Å². The number of nitrogens with zero attached hydrogens (tertiary/aromatic N) is 4. The Morgan fingerprint density at radius 3 is 2.47 bits per heavy atom. The molecule has 0 atom stereocenters. The number of piperazine rings is 1. The molecule has 47 heavy (non-hydrogen) atoms. The summed E-state index contributed by atoms with van der Waals surface area (Å²) in [7, 11) is 0. The van der Waals surface area contributed by atoms with Crippen LogP contribution >= 0.6 is 0 Å². The van der Waals surface area contributed by atoms with Crippen molar-refractivity contribution in [1.29, 1.82) is 0 Å². The minimum absolute atomic E-state index is 0.000250. The third-order valence-electron chi connectivity index (χ3n) is 9.61. The van der Waals surface area contributed by atoms with E-state index in [9.17, 15) is 9.18 Å². The molecule has 2 aliphatic heterocycles. The second-order valence-electron chi connectivity index (χ2n) is 13.2. The Bertz CT molecular complexity index is 1480. The first-order valence-electron chi connectivity index (χ1n) is 17.3. The second-order valence-corrected chi connectivity index (χ2v) is 13.2. The third kappa shape index (κ3) is 9.15. The predicted octanol–water partition coefficient (Wildman–Crippen LogP) is 5.04. The summed E-state index contributed by atoms with van der Waals surface area (Å²) in [6.07, 6.45) is 5.59. The van der Waals surface area contributed by atoms with Crippen LogP contribution in [0.1, 0.15) is 60.5 Å². The Hall–Kier alpha value is -3.41. The van der Waals surface area contributed by atoms with Gasteiger partial charge in [0, 0.05) is 64.4 Å². The normalized spacial score (nSPS) is 21.4. The van der Waals surface area contributed by atoms with Crippen molar-refractivity contribution in [3.05, 3.63) is 77.2 Å². The molecule has 0 bridgehead atoms. The van der Waals surface area contributed by atoms with Crippen LogP contribution in [0.5, 0.6) is 11.6 Å². The quantitative estimate of drug-likeness (QED) is 0.300. The molecule has 1 saturated carbocycles. The molecule has 2 saturated heterocycles. The van der Waals surface area contributed by atoms with E-state index >= 15 is 0 Å². The number of hydrogen-bond acceptors (Lipinski definition) is 8. The molecule has 0 spiro atoms. The number of nitrogens with one attached hydrogen (secondary N) is 1. The molecule has 3 fully saturated rings. The van der Waals surface area contributed by atoms with E-state index in [1.54, 1.807) is 0 Å². The zero-order valence-corrected chi connectivity index (χ0v) is 27.6. The number of pyridine rings is 1. The Labute approximate surface area is 278 Å². The van der Waals surface area contributed by atoms with Gasteiger partial charge in [-0.3, -0.25) is 14.6 Å². The van der Waals surface area contributed by atoms with Gasteiger partial charge in [0.25, 0.3) is 5.91 Å². The van der Waals surface area contributed by atoms with E-state index in [4.69, 9.17) is 15.2 Å². The van der Waals surface area contributed by atoms with Crippen molar-refractivity contribution in [2.75, 3.05) is 59.0 Å². The molecule has 3 aromatic rings. The van der Waals surface area contributed by atoms with Crippen molar-refractivity contribution >= 4 is 5.91 Å². The summed E-state index contributed by atoms with van der Waals surface area (Å²) in [6, 6.07) is 16.0. The topological polar surface area (TPSA) is 96.2 Å². The second kappa shape index (κ2) is 16.1. The van der Waals surface area contributed by atoms with Crippen LogP contribution in [0, 0.1) is 5.82 Å². The molecule has 0 unspecified atom stereocenters. The number of benzene rings is 2. The Kier molecular flexibility index (Phi) is 11.5. The first-order valence-corrected chi connectivity index (χ1v) is 17.3. The summed E-state index contributed by atoms with van der Waals surface area (Å²) >= 11 is 0. The van der Waals surface area contributed by atoms with Gasteiger partial charge in [-0.05, 0) is 79.1 Å². The van der Waals surface area contributed by atoms with Crippen molar-refractivity contribution in [3.8, 4) is 22.8 Å². The van der Waals surface area contributed by atoms with Crippen LogP contribution < -0.4 is 15.8 Å². The molecular weight excluding hydrogens is 595 g/mol. The number of morpholine rings is 1. The number of hydrogen-bond donors (Lipinski definition) is 2. The molecule has 2 aromatic carbocycles. The van der Waals surface area contributed by atoms with Crippen LogP contribution in [-0.4, -0.2) is 96.7 Å². The van der Waals surface area contributed by atoms with Gasteiger partial charge >= 0.3 is 0 Å². The molecule has 3 aliphatic rings. The molecule has 1 amide bonds. The lowest BCUT2D eigenvalue weighted by Crippen LogP contribution is -2.46. The highest BCUT2D eigenvalue weighted by molar-refractivity contribution is 5.96. The van der Waals surface area contributed by atoms with Crippen LogP contribution in [0.4, 0.5) is 4.39 Å². The van der Waals surface area contributed by atoms with E-state index < -0.39 is 11.7 Å². The Morgan fingerprint density at radius 1 is 0.957 bits per heavy atom.